The highest BCUT2D eigenvalue weighted by molar-refractivity contribution is 6.34. The third-order valence-electron chi connectivity index (χ3n) is 21.6. The first kappa shape index (κ1) is 85.5. The summed E-state index contributed by atoms with van der Waals surface area (Å²) in [6, 6.07) is 58.0. The maximum atomic E-state index is 13.8. The Kier molecular flexibility index (Phi) is 25.6. The summed E-state index contributed by atoms with van der Waals surface area (Å²) in [5.41, 5.74) is 6.90. The average molecular weight is 1780 g/mol. The lowest BCUT2D eigenvalue weighted by atomic mass is 10.0. The lowest BCUT2D eigenvalue weighted by molar-refractivity contribution is -0.137. The number of carbonyl (C=O) groups is 1. The van der Waals surface area contributed by atoms with Gasteiger partial charge in [-0.15, -0.1) is 0 Å². The van der Waals surface area contributed by atoms with E-state index in [-0.39, 0.29) is 46.2 Å². The average Bonchev–Trinajstić information content (AvgIpc) is 1.70. The molecule has 0 spiro atoms. The number of nitrogens with one attached hydrogen (secondary N) is 9. The summed E-state index contributed by atoms with van der Waals surface area (Å²) >= 11 is 19.5. The van der Waals surface area contributed by atoms with Crippen LogP contribution in [0.3, 0.4) is 0 Å². The van der Waals surface area contributed by atoms with E-state index in [0.717, 1.165) is 171 Å². The molecular formula is C92H87Cl3F5N25O2. The number of halogens is 8. The first-order valence-corrected chi connectivity index (χ1v) is 42.9. The molecule has 16 aromatic rings. The van der Waals surface area contributed by atoms with Gasteiger partial charge in [-0.2, -0.15) is 53.5 Å². The van der Waals surface area contributed by atoms with Gasteiger partial charge in [-0.3, -0.25) is 25.2 Å². The molecule has 4 saturated heterocycles. The molecule has 27 nitrogen and oxygen atoms in total. The molecule has 20 rings (SSSR count). The van der Waals surface area contributed by atoms with E-state index in [2.05, 4.69) is 107 Å². The number of benzene rings is 8. The van der Waals surface area contributed by atoms with Crippen LogP contribution in [0.15, 0.2) is 200 Å². The molecule has 0 saturated carbocycles. The van der Waals surface area contributed by atoms with Crippen LogP contribution in [0.25, 0.3) is 88.6 Å². The number of Topliss-reactive ketones (excluding diaryl/α,β-unsaturated/α-hetero) is 1. The first-order valence-electron chi connectivity index (χ1n) is 41.7. The van der Waals surface area contributed by atoms with E-state index >= 15 is 0 Å². The number of H-pyrrole nitrogens is 4. The molecule has 0 aliphatic carbocycles. The van der Waals surface area contributed by atoms with Gasteiger partial charge in [0.1, 0.15) is 46.3 Å². The Labute approximate surface area is 741 Å². The van der Waals surface area contributed by atoms with E-state index in [1.165, 1.54) is 42.8 Å². The number of ketones is 1. The molecule has 0 bridgehead atoms. The summed E-state index contributed by atoms with van der Waals surface area (Å²) in [6.45, 7) is 14.1. The normalized spacial score (nSPS) is 14.4. The van der Waals surface area contributed by atoms with Gasteiger partial charge >= 0.3 is 6.18 Å². The van der Waals surface area contributed by atoms with Gasteiger partial charge in [0.2, 0.25) is 23.8 Å². The van der Waals surface area contributed by atoms with E-state index in [4.69, 9.17) is 54.5 Å². The third-order valence-corrected chi connectivity index (χ3v) is 22.6. The van der Waals surface area contributed by atoms with Crippen molar-refractivity contribution >= 4 is 155 Å². The number of ether oxygens (including phenoxy) is 1. The minimum absolute atomic E-state index is 0.0237. The van der Waals surface area contributed by atoms with Crippen LogP contribution in [-0.2, 0) is 11.0 Å². The van der Waals surface area contributed by atoms with Crippen molar-refractivity contribution in [3.05, 3.63) is 232 Å². The molecule has 0 atom stereocenters. The molecule has 4 aliphatic rings. The zero-order valence-corrected chi connectivity index (χ0v) is 71.5. The van der Waals surface area contributed by atoms with Crippen molar-refractivity contribution < 1.29 is 31.5 Å². The number of alkyl halides is 3. The van der Waals surface area contributed by atoms with Gasteiger partial charge in [-0.25, -0.2) is 28.7 Å². The molecule has 127 heavy (non-hydrogen) atoms. The van der Waals surface area contributed by atoms with Gasteiger partial charge < -0.3 is 50.9 Å². The van der Waals surface area contributed by atoms with E-state index in [1.54, 1.807) is 30.3 Å². The number of nitrogens with zero attached hydrogens (tertiary/aromatic N) is 16. The van der Waals surface area contributed by atoms with Gasteiger partial charge in [0, 0.05) is 143 Å². The fourth-order valence-electron chi connectivity index (χ4n) is 15.5. The highest BCUT2D eigenvalue weighted by Gasteiger charge is 2.35. The second-order valence-electron chi connectivity index (χ2n) is 31.8. The number of anilines is 12. The van der Waals surface area contributed by atoms with E-state index in [0.29, 0.717) is 103 Å². The molecule has 4 fully saturated rings. The van der Waals surface area contributed by atoms with Gasteiger partial charge in [0.25, 0.3) is 0 Å². The zero-order valence-electron chi connectivity index (χ0n) is 69.3. The Balaban J connectivity index is 0.000000119. The fraction of sp³-hybridized carbons (Fsp3) is 0.250. The van der Waals surface area contributed by atoms with E-state index < -0.39 is 11.7 Å². The lowest BCUT2D eigenvalue weighted by Gasteiger charge is -2.28. The summed E-state index contributed by atoms with van der Waals surface area (Å²) in [5, 5.41) is 49.7. The smallest absolute Gasteiger partial charge is 0.417 e. The number of piperazine rings is 1. The van der Waals surface area contributed by atoms with Gasteiger partial charge in [-0.1, -0.05) is 114 Å². The largest absolute Gasteiger partial charge is 0.488 e. The summed E-state index contributed by atoms with van der Waals surface area (Å²) in [6.07, 6.45) is 3.60. The number of carbonyl (C=O) groups excluding carboxylic acids is 1. The Bertz CT molecular complexity index is 6620. The molecule has 648 valence electrons. The van der Waals surface area contributed by atoms with Crippen molar-refractivity contribution in [2.45, 2.75) is 83.9 Å². The Morgan fingerprint density at radius 1 is 0.370 bits per heavy atom. The van der Waals surface area contributed by atoms with Crippen molar-refractivity contribution in [2.24, 2.45) is 0 Å². The third kappa shape index (κ3) is 20.6. The summed E-state index contributed by atoms with van der Waals surface area (Å²) in [7, 11) is 0. The predicted octanol–water partition coefficient (Wildman–Crippen LogP) is 21.0. The molecular weight excluding hydrogens is 1690 g/mol. The molecule has 0 unspecified atom stereocenters. The van der Waals surface area contributed by atoms with Crippen molar-refractivity contribution in [2.75, 3.05) is 106 Å². The summed E-state index contributed by atoms with van der Waals surface area (Å²) in [5.74, 6) is 6.55. The Morgan fingerprint density at radius 3 is 1.17 bits per heavy atom. The van der Waals surface area contributed by atoms with Crippen LogP contribution in [-0.4, -0.2) is 157 Å². The number of fused-ring (bicyclic) bond motifs is 4. The molecule has 8 aromatic carbocycles. The predicted molar refractivity (Wildman–Crippen MR) is 491 cm³/mol. The number of aromatic nitrogens is 16. The van der Waals surface area contributed by atoms with Crippen LogP contribution >= 0.6 is 34.8 Å². The van der Waals surface area contributed by atoms with Crippen LogP contribution in [0.1, 0.15) is 77.7 Å². The number of para-hydroxylation sites is 2. The minimum Gasteiger partial charge on any atom is -0.488 e. The van der Waals surface area contributed by atoms with Crippen LogP contribution in [0, 0.1) is 11.6 Å². The number of rotatable bonds is 17. The highest BCUT2D eigenvalue weighted by atomic mass is 35.5. The lowest BCUT2D eigenvalue weighted by Crippen LogP contribution is -2.44. The first-order chi connectivity index (χ1) is 61.6. The van der Waals surface area contributed by atoms with Crippen molar-refractivity contribution in [3.63, 3.8) is 0 Å². The molecule has 0 radical (unpaired) electrons. The molecule has 35 heteroatoms. The SMILES string of the molecule is CC(C)(C)Oc1ccc(-c2cc(N3CCCCC3)nc(Nc3n[nH]c4ccccc34)n2)c(Cl)c1.FC(F)(F)c1ccccc1-c1cc(N2CCCCC2)nc(Nc2n[nH]c3ccccc23)n1.Fc1ccc2[nH]nc(Nc3nc(-c4ccccc4Cl)cc(N4CCNCC4)n3)c2c1.O=C1CCCN(c2cc(-c3ccccc3Cl)nc(Nc3n[nH]c4ccc(F)cc34)n2)C1. The molecule has 0 amide bonds. The van der Waals surface area contributed by atoms with Crippen molar-refractivity contribution in [3.8, 4) is 50.8 Å². The van der Waals surface area contributed by atoms with Gasteiger partial charge in [0.05, 0.1) is 62.0 Å². The number of hydrogen-bond acceptors (Lipinski definition) is 23. The number of aromatic amines is 4. The van der Waals surface area contributed by atoms with Crippen LogP contribution in [0.5, 0.6) is 5.75 Å². The Morgan fingerprint density at radius 2 is 0.740 bits per heavy atom. The zero-order chi connectivity index (χ0) is 87.7. The van der Waals surface area contributed by atoms with Crippen molar-refractivity contribution in [1.29, 1.82) is 0 Å². The van der Waals surface area contributed by atoms with Crippen LogP contribution in [0.2, 0.25) is 15.1 Å². The highest BCUT2D eigenvalue weighted by Crippen LogP contribution is 2.41. The van der Waals surface area contributed by atoms with E-state index in [1.807, 2.05) is 153 Å². The maximum absolute atomic E-state index is 13.8. The van der Waals surface area contributed by atoms with E-state index in [9.17, 15) is 26.7 Å². The second-order valence-corrected chi connectivity index (χ2v) is 33.0. The molecule has 4 aliphatic heterocycles. The van der Waals surface area contributed by atoms with Crippen molar-refractivity contribution in [1.82, 2.24) is 86.0 Å². The minimum atomic E-state index is -4.49. The standard InChI is InChI=1S/C26H29ClN6O.C23H21F3N6.C22H18ClFN6O.C21H19ClFN7/c1-26(2,3)34-17-11-12-18(20(27)15-17)22-16-23(33-13-7-4-8-14-33)29-25(28-22)30-24-19-9-5-6-10-21(19)31-32-24;24-23(25,26)17-10-4-2-8-15(17)19-14-20(32-12-6-1-7-13-32)28-22(27-19)29-21-16-9-3-5-11-18(16)30-31-21;23-17-6-2-1-5-15(17)19-11-20(30-9-3-4-14(31)12-30)26-22(25-19)27-21-16-10-13(24)7-8-18(16)28-29-21;22-16-4-2-1-3-14(16)18-12-19(30-9-7-24-8-10-30)26-21(25-18)27-20-15-11-13(23)5-6-17(15)28-29-20/h5-6,9-12,15-16H,4,7-8,13-14H2,1-3H3,(H2,28,29,30,31,32);2-5,8-11,14H,1,6-7,12-13H2,(H2,27,28,29,30,31);1-2,5-8,10-11H,3-4,9,12H2,(H2,25,26,27,28,29);1-6,11-12,24H,7-10H2,(H2,25,26,27,28,29). The number of hydrogen-bond donors (Lipinski definition) is 9. The maximum Gasteiger partial charge on any atom is 0.417 e. The topological polar surface area (TPSA) is 317 Å². The van der Waals surface area contributed by atoms with Crippen LogP contribution < -0.4 is 50.9 Å². The van der Waals surface area contributed by atoms with Gasteiger partial charge in [0.15, 0.2) is 29.1 Å². The summed E-state index contributed by atoms with van der Waals surface area (Å²) < 4.78 is 74.5. The number of piperidine rings is 3. The summed E-state index contributed by atoms with van der Waals surface area (Å²) in [4.78, 5) is 57.9. The van der Waals surface area contributed by atoms with Gasteiger partial charge in [-0.05, 0) is 163 Å². The second kappa shape index (κ2) is 38.0. The van der Waals surface area contributed by atoms with Crippen LogP contribution in [0.4, 0.5) is 92.3 Å². The molecule has 8 aromatic heterocycles. The molecule has 12 heterocycles. The fourth-order valence-corrected chi connectivity index (χ4v) is 16.2. The Hall–Kier alpha value is -13.7. The monoisotopic (exact) mass is 1770 g/mol. The molecule has 9 N–H and O–H groups in total. The quantitative estimate of drug-likeness (QED) is 0.0383.